The van der Waals surface area contributed by atoms with Crippen LogP contribution in [0.1, 0.15) is 75.8 Å². The first-order chi connectivity index (χ1) is 29.4. The summed E-state index contributed by atoms with van der Waals surface area (Å²) in [7, 11) is 0. The Labute approximate surface area is 350 Å². The Morgan fingerprint density at radius 1 is 0.710 bits per heavy atom. The van der Waals surface area contributed by atoms with E-state index in [1.165, 1.54) is 12.3 Å². The largest absolute Gasteiger partial charge is 0.478 e. The van der Waals surface area contributed by atoms with Gasteiger partial charge < -0.3 is 26.0 Å². The van der Waals surface area contributed by atoms with Crippen LogP contribution in [-0.2, 0) is 0 Å². The first kappa shape index (κ1) is 46.1. The molecular formula is C43H40F6N8O5. The van der Waals surface area contributed by atoms with Crippen molar-refractivity contribution in [1.29, 1.82) is 0 Å². The highest BCUT2D eigenvalue weighted by atomic mass is 19.4. The molecule has 0 saturated carbocycles. The molecule has 0 saturated heterocycles. The van der Waals surface area contributed by atoms with E-state index in [1.54, 1.807) is 52.5 Å². The van der Waals surface area contributed by atoms with Crippen molar-refractivity contribution in [2.45, 2.75) is 58.8 Å². The van der Waals surface area contributed by atoms with Crippen molar-refractivity contribution in [2.75, 3.05) is 36.9 Å². The number of Topliss-reactive ketones (excluding diaryl/α,β-unsaturated/α-hetero) is 1. The molecule has 0 fully saturated rings. The predicted molar refractivity (Wildman–Crippen MR) is 219 cm³/mol. The van der Waals surface area contributed by atoms with E-state index in [0.29, 0.717) is 45.8 Å². The molecule has 13 nitrogen and oxygen atoms in total. The van der Waals surface area contributed by atoms with Gasteiger partial charge in [-0.25, -0.2) is 24.7 Å². The zero-order valence-corrected chi connectivity index (χ0v) is 33.5. The number of carbonyl (C=O) groups excluding carboxylic acids is 1. The van der Waals surface area contributed by atoms with Crippen molar-refractivity contribution >= 4 is 34.7 Å². The molecule has 0 radical (unpaired) electrons. The van der Waals surface area contributed by atoms with Crippen LogP contribution in [0, 0.1) is 37.5 Å². The molecule has 0 unspecified atom stereocenters. The SMILES string of the molecule is CCCC(=O)c1ccc(-c2cnc3c(NCCC(F)(F)F)nc(C#CCO)cn23)cc1C.Cc1cc(-c2cnc3c(NCCC(F)(F)F)nc(C#CCO)cn23)ccc1C(=O)O. The number of aliphatic hydroxyl groups is 2. The van der Waals surface area contributed by atoms with Crippen molar-refractivity contribution in [3.8, 4) is 46.2 Å². The fourth-order valence-electron chi connectivity index (χ4n) is 6.23. The molecule has 0 atom stereocenters. The van der Waals surface area contributed by atoms with Gasteiger partial charge in [0.15, 0.2) is 28.7 Å². The van der Waals surface area contributed by atoms with E-state index < -0.39 is 44.3 Å². The smallest absolute Gasteiger partial charge is 0.390 e. The topological polar surface area (TPSA) is 179 Å². The average molecular weight is 863 g/mol. The Hall–Kier alpha value is -6.96. The molecule has 4 aromatic heterocycles. The highest BCUT2D eigenvalue weighted by Gasteiger charge is 2.27. The maximum Gasteiger partial charge on any atom is 0.390 e. The lowest BCUT2D eigenvalue weighted by Crippen LogP contribution is -2.16. The van der Waals surface area contributed by atoms with Crippen LogP contribution in [0.5, 0.6) is 0 Å². The Morgan fingerprint density at radius 3 is 1.52 bits per heavy atom. The highest BCUT2D eigenvalue weighted by Crippen LogP contribution is 2.29. The van der Waals surface area contributed by atoms with Crippen molar-refractivity contribution in [3.63, 3.8) is 0 Å². The number of alkyl halides is 6. The van der Waals surface area contributed by atoms with E-state index in [1.807, 2.05) is 26.0 Å². The molecule has 2 aromatic carbocycles. The number of ketones is 1. The Bertz CT molecular complexity index is 2720. The summed E-state index contributed by atoms with van der Waals surface area (Å²) in [6.07, 6.45) is -3.17. The summed E-state index contributed by atoms with van der Waals surface area (Å²) in [6.45, 7) is 3.95. The van der Waals surface area contributed by atoms with Crippen molar-refractivity contribution in [3.05, 3.63) is 94.8 Å². The molecule has 0 spiro atoms. The zero-order valence-electron chi connectivity index (χ0n) is 33.5. The molecule has 0 bridgehead atoms. The van der Waals surface area contributed by atoms with Crippen molar-refractivity contribution in [2.24, 2.45) is 0 Å². The second kappa shape index (κ2) is 20.1. The number of hydrogen-bond acceptors (Lipinski definition) is 10. The number of fused-ring (bicyclic) bond motifs is 2. The minimum absolute atomic E-state index is 0.0802. The minimum Gasteiger partial charge on any atom is -0.478 e. The third-order valence-corrected chi connectivity index (χ3v) is 9.03. The summed E-state index contributed by atoms with van der Waals surface area (Å²) < 4.78 is 78.5. The monoisotopic (exact) mass is 862 g/mol. The van der Waals surface area contributed by atoms with E-state index in [9.17, 15) is 41.0 Å². The Balaban J connectivity index is 0.000000235. The van der Waals surface area contributed by atoms with Crippen LogP contribution in [0.25, 0.3) is 33.8 Å². The van der Waals surface area contributed by atoms with Crippen LogP contribution in [0.4, 0.5) is 38.0 Å². The van der Waals surface area contributed by atoms with Crippen molar-refractivity contribution in [1.82, 2.24) is 28.7 Å². The molecule has 62 heavy (non-hydrogen) atoms. The average Bonchev–Trinajstić information content (AvgIpc) is 3.83. The van der Waals surface area contributed by atoms with Crippen LogP contribution in [-0.4, -0.2) is 94.5 Å². The molecule has 0 aliphatic heterocycles. The molecule has 4 heterocycles. The van der Waals surface area contributed by atoms with E-state index in [2.05, 4.69) is 54.3 Å². The van der Waals surface area contributed by atoms with Gasteiger partial charge in [0.05, 0.1) is 42.2 Å². The maximum atomic E-state index is 12.6. The molecule has 324 valence electrons. The summed E-state index contributed by atoms with van der Waals surface area (Å²) in [6, 6.07) is 10.2. The lowest BCUT2D eigenvalue weighted by molar-refractivity contribution is -0.132. The highest BCUT2D eigenvalue weighted by molar-refractivity contribution is 5.98. The van der Waals surface area contributed by atoms with Crippen LogP contribution >= 0.6 is 0 Å². The van der Waals surface area contributed by atoms with Gasteiger partial charge in [0.25, 0.3) is 0 Å². The Kier molecular flexibility index (Phi) is 14.9. The number of aromatic carboxylic acids is 1. The third-order valence-electron chi connectivity index (χ3n) is 9.03. The summed E-state index contributed by atoms with van der Waals surface area (Å²) >= 11 is 0. The van der Waals surface area contributed by atoms with Gasteiger partial charge in [-0.1, -0.05) is 37.0 Å². The van der Waals surface area contributed by atoms with Gasteiger partial charge in [-0.3, -0.25) is 13.6 Å². The summed E-state index contributed by atoms with van der Waals surface area (Å²) in [4.78, 5) is 40.6. The number of carboxylic acid groups (broad SMARTS) is 1. The van der Waals surface area contributed by atoms with Gasteiger partial charge in [-0.2, -0.15) is 26.3 Å². The number of anilines is 2. The maximum absolute atomic E-state index is 12.6. The normalized spacial score (nSPS) is 11.3. The zero-order chi connectivity index (χ0) is 45.2. The lowest BCUT2D eigenvalue weighted by Gasteiger charge is -2.11. The summed E-state index contributed by atoms with van der Waals surface area (Å²) in [5.74, 6) is 9.59. The number of hydrogen-bond donors (Lipinski definition) is 5. The number of nitrogens with one attached hydrogen (secondary N) is 2. The molecular weight excluding hydrogens is 823 g/mol. The first-order valence-electron chi connectivity index (χ1n) is 19.0. The number of aromatic nitrogens is 6. The van der Waals surface area contributed by atoms with Crippen LogP contribution in [0.15, 0.2) is 61.2 Å². The van der Waals surface area contributed by atoms with Crippen LogP contribution < -0.4 is 10.6 Å². The van der Waals surface area contributed by atoms with Gasteiger partial charge in [-0.15, -0.1) is 0 Å². The molecule has 0 amide bonds. The first-order valence-corrected chi connectivity index (χ1v) is 19.0. The number of rotatable bonds is 12. The molecule has 0 aliphatic carbocycles. The van der Waals surface area contributed by atoms with E-state index in [4.69, 9.17) is 10.2 Å². The van der Waals surface area contributed by atoms with Gasteiger partial charge >= 0.3 is 18.3 Å². The molecule has 6 rings (SSSR count). The molecule has 19 heteroatoms. The number of halogens is 6. The van der Waals surface area contributed by atoms with E-state index >= 15 is 0 Å². The standard InChI is InChI=1S/C23H23F3N4O2.C20H17F3N4O3/c1-3-5-20(32)18-8-7-16(12-15(18)2)19-13-28-22-21(27-10-9-23(24,25)26)29-17(6-4-11-31)14-30(19)22;1-12-9-13(4-5-15(12)19(29)30)16-10-25-18-17(24-7-6-20(21,22)23)26-14(3-2-8-28)11-27(16)18/h7-8,12-14,31H,3,5,9-11H2,1-2H3,(H,27,29);4-5,9-11,28H,6-8H2,1H3,(H,24,26)(H,29,30). The number of nitrogens with zero attached hydrogens (tertiary/aromatic N) is 6. The van der Waals surface area contributed by atoms with Crippen LogP contribution in [0.2, 0.25) is 0 Å². The summed E-state index contributed by atoms with van der Waals surface area (Å²) in [5.41, 5.74) is 6.05. The second-order valence-corrected chi connectivity index (χ2v) is 13.7. The molecule has 5 N–H and O–H groups in total. The predicted octanol–water partition coefficient (Wildman–Crippen LogP) is 7.51. The third kappa shape index (κ3) is 11.9. The quantitative estimate of drug-likeness (QED) is 0.0467. The Morgan fingerprint density at radius 2 is 1.15 bits per heavy atom. The fraction of sp³-hybridized carbons (Fsp3) is 0.302. The molecule has 6 aromatic rings. The second-order valence-electron chi connectivity index (χ2n) is 13.7. The number of imidazole rings is 2. The van der Waals surface area contributed by atoms with Gasteiger partial charge in [0.1, 0.15) is 24.6 Å². The number of carbonyl (C=O) groups is 2. The van der Waals surface area contributed by atoms with Gasteiger partial charge in [0.2, 0.25) is 0 Å². The minimum atomic E-state index is -4.32. The van der Waals surface area contributed by atoms with E-state index in [0.717, 1.165) is 17.5 Å². The number of carboxylic acids is 1. The summed E-state index contributed by atoms with van der Waals surface area (Å²) in [5, 5.41) is 32.4. The van der Waals surface area contributed by atoms with Gasteiger partial charge in [-0.05, 0) is 61.4 Å². The molecule has 0 aliphatic rings. The lowest BCUT2D eigenvalue weighted by atomic mass is 9.98. The van der Waals surface area contributed by atoms with Crippen molar-refractivity contribution < 1.29 is 51.3 Å². The van der Waals surface area contributed by atoms with Crippen LogP contribution in [0.3, 0.4) is 0 Å². The fourth-order valence-corrected chi connectivity index (χ4v) is 6.23. The number of aliphatic hydroxyl groups excluding tert-OH is 2. The van der Waals surface area contributed by atoms with E-state index in [-0.39, 0.29) is 47.5 Å². The van der Waals surface area contributed by atoms with Gasteiger partial charge in [0, 0.05) is 48.6 Å². The number of benzene rings is 2. The number of aryl methyl sites for hydroxylation is 2.